The summed E-state index contributed by atoms with van der Waals surface area (Å²) < 4.78 is 0. The number of nitrogens with zero attached hydrogens (tertiary/aromatic N) is 2. The molecule has 0 saturated carbocycles. The van der Waals surface area contributed by atoms with Crippen molar-refractivity contribution in [3.63, 3.8) is 0 Å². The number of piperidine rings is 1. The molecule has 2 aliphatic heterocycles. The maximum absolute atomic E-state index is 13.1. The zero-order chi connectivity index (χ0) is 20.3. The van der Waals surface area contributed by atoms with Crippen LogP contribution in [-0.4, -0.2) is 51.9 Å². The van der Waals surface area contributed by atoms with Crippen molar-refractivity contribution < 1.29 is 9.59 Å². The molecule has 2 aromatic carbocycles. The highest BCUT2D eigenvalue weighted by Gasteiger charge is 2.46. The second kappa shape index (κ2) is 8.64. The van der Waals surface area contributed by atoms with Crippen LogP contribution in [0.4, 0.5) is 0 Å². The van der Waals surface area contributed by atoms with E-state index in [2.05, 4.69) is 0 Å². The van der Waals surface area contributed by atoms with E-state index in [4.69, 9.17) is 11.6 Å². The van der Waals surface area contributed by atoms with Gasteiger partial charge in [-0.2, -0.15) is 0 Å². The molecular formula is C23H23ClN2O2S. The van der Waals surface area contributed by atoms with Gasteiger partial charge in [0.2, 0.25) is 5.91 Å². The van der Waals surface area contributed by atoms with Crippen molar-refractivity contribution >= 4 is 41.3 Å². The van der Waals surface area contributed by atoms with Crippen molar-refractivity contribution in [2.45, 2.75) is 17.7 Å². The standard InChI is InChI=1S/C23H23ClN2O2S/c24-20-9-7-19(8-10-20)22(28)26-16-17-29-23(26)12-14-25(15-13-23)21(27)11-6-18-4-2-1-3-5-18/h1-11H,12-17H2. The summed E-state index contributed by atoms with van der Waals surface area (Å²) >= 11 is 7.80. The van der Waals surface area contributed by atoms with Crippen LogP contribution < -0.4 is 0 Å². The molecule has 2 saturated heterocycles. The Labute approximate surface area is 180 Å². The molecule has 6 heteroatoms. The second-order valence-electron chi connectivity index (χ2n) is 7.33. The van der Waals surface area contributed by atoms with Gasteiger partial charge in [0.15, 0.2) is 0 Å². The van der Waals surface area contributed by atoms with Crippen LogP contribution in [0.15, 0.2) is 60.7 Å². The van der Waals surface area contributed by atoms with Crippen LogP contribution in [0.3, 0.4) is 0 Å². The molecule has 29 heavy (non-hydrogen) atoms. The number of halogens is 1. The van der Waals surface area contributed by atoms with Crippen molar-refractivity contribution in [3.05, 3.63) is 76.8 Å². The SMILES string of the molecule is O=C(C=Cc1ccccc1)N1CCC2(CC1)SCCN2C(=O)c1ccc(Cl)cc1. The molecule has 0 aliphatic carbocycles. The molecule has 0 aromatic heterocycles. The minimum absolute atomic E-state index is 0.0299. The summed E-state index contributed by atoms with van der Waals surface area (Å²) in [6.45, 7) is 2.07. The lowest BCUT2D eigenvalue weighted by Gasteiger charge is -2.44. The van der Waals surface area contributed by atoms with Crippen LogP contribution in [0.2, 0.25) is 5.02 Å². The molecule has 1 spiro atoms. The van der Waals surface area contributed by atoms with Crippen molar-refractivity contribution in [2.75, 3.05) is 25.4 Å². The summed E-state index contributed by atoms with van der Waals surface area (Å²) in [7, 11) is 0. The Morgan fingerprint density at radius 3 is 2.34 bits per heavy atom. The Morgan fingerprint density at radius 1 is 0.966 bits per heavy atom. The topological polar surface area (TPSA) is 40.6 Å². The molecule has 0 atom stereocenters. The number of rotatable bonds is 3. The Hall–Kier alpha value is -2.24. The molecule has 0 bridgehead atoms. The quantitative estimate of drug-likeness (QED) is 0.675. The van der Waals surface area contributed by atoms with Crippen molar-refractivity contribution in [1.29, 1.82) is 0 Å². The van der Waals surface area contributed by atoms with Gasteiger partial charge in [-0.15, -0.1) is 11.8 Å². The molecule has 2 heterocycles. The molecule has 150 valence electrons. The first kappa shape index (κ1) is 20.0. The number of benzene rings is 2. The maximum atomic E-state index is 13.1. The predicted octanol–water partition coefficient (Wildman–Crippen LogP) is 4.56. The van der Waals surface area contributed by atoms with E-state index in [9.17, 15) is 9.59 Å². The molecule has 4 nitrogen and oxygen atoms in total. The van der Waals surface area contributed by atoms with Crippen LogP contribution in [0.25, 0.3) is 6.08 Å². The van der Waals surface area contributed by atoms with Crippen LogP contribution in [-0.2, 0) is 4.79 Å². The Balaban J connectivity index is 1.40. The van der Waals surface area contributed by atoms with Gasteiger partial charge in [0.25, 0.3) is 5.91 Å². The predicted molar refractivity (Wildman–Crippen MR) is 119 cm³/mol. The molecule has 0 radical (unpaired) electrons. The number of likely N-dealkylation sites (tertiary alicyclic amines) is 1. The minimum Gasteiger partial charge on any atom is -0.339 e. The lowest BCUT2D eigenvalue weighted by Crippen LogP contribution is -2.53. The van der Waals surface area contributed by atoms with Crippen LogP contribution in [0.1, 0.15) is 28.8 Å². The summed E-state index contributed by atoms with van der Waals surface area (Å²) in [6.07, 6.45) is 5.09. The van der Waals surface area contributed by atoms with Crippen molar-refractivity contribution in [3.8, 4) is 0 Å². The lowest BCUT2D eigenvalue weighted by atomic mass is 10.0. The fraction of sp³-hybridized carbons (Fsp3) is 0.304. The molecule has 2 fully saturated rings. The number of thioether (sulfide) groups is 1. The van der Waals surface area contributed by atoms with Gasteiger partial charge in [0, 0.05) is 42.0 Å². The Bertz CT molecular complexity index is 906. The number of hydrogen-bond acceptors (Lipinski definition) is 3. The van der Waals surface area contributed by atoms with Crippen molar-refractivity contribution in [2.24, 2.45) is 0 Å². The highest BCUT2D eigenvalue weighted by Crippen LogP contribution is 2.44. The van der Waals surface area contributed by atoms with Crippen LogP contribution >= 0.6 is 23.4 Å². The van der Waals surface area contributed by atoms with E-state index in [0.717, 1.165) is 30.7 Å². The Kier molecular flexibility index (Phi) is 5.97. The summed E-state index contributed by atoms with van der Waals surface area (Å²) in [4.78, 5) is 29.3. The van der Waals surface area contributed by atoms with Gasteiger partial charge in [0.05, 0.1) is 4.87 Å². The Morgan fingerprint density at radius 2 is 1.66 bits per heavy atom. The van der Waals surface area contributed by atoms with E-state index in [1.807, 2.05) is 58.0 Å². The first-order chi connectivity index (χ1) is 14.1. The van der Waals surface area contributed by atoms with Gasteiger partial charge in [-0.05, 0) is 48.7 Å². The van der Waals surface area contributed by atoms with E-state index in [1.165, 1.54) is 0 Å². The van der Waals surface area contributed by atoms with Crippen LogP contribution in [0.5, 0.6) is 0 Å². The lowest BCUT2D eigenvalue weighted by molar-refractivity contribution is -0.127. The minimum atomic E-state index is -0.212. The van der Waals surface area contributed by atoms with E-state index in [1.54, 1.807) is 30.3 Å². The fourth-order valence-corrected chi connectivity index (χ4v) is 5.55. The first-order valence-corrected chi connectivity index (χ1v) is 11.2. The molecule has 4 rings (SSSR count). The molecule has 0 unspecified atom stereocenters. The van der Waals surface area contributed by atoms with E-state index in [-0.39, 0.29) is 16.7 Å². The number of carbonyl (C=O) groups is 2. The molecule has 0 N–H and O–H groups in total. The summed E-state index contributed by atoms with van der Waals surface area (Å²) in [5.41, 5.74) is 1.68. The van der Waals surface area contributed by atoms with E-state index in [0.29, 0.717) is 23.7 Å². The van der Waals surface area contributed by atoms with Gasteiger partial charge in [-0.3, -0.25) is 9.59 Å². The van der Waals surface area contributed by atoms with Gasteiger partial charge in [-0.25, -0.2) is 0 Å². The number of carbonyl (C=O) groups excluding carboxylic acids is 2. The third kappa shape index (κ3) is 4.36. The average Bonchev–Trinajstić information content (AvgIpc) is 3.16. The smallest absolute Gasteiger partial charge is 0.254 e. The normalized spacial score (nSPS) is 18.5. The number of amides is 2. The third-order valence-electron chi connectivity index (χ3n) is 5.59. The maximum Gasteiger partial charge on any atom is 0.254 e. The van der Waals surface area contributed by atoms with Gasteiger partial charge in [-0.1, -0.05) is 41.9 Å². The molecule has 2 amide bonds. The largest absolute Gasteiger partial charge is 0.339 e. The van der Waals surface area contributed by atoms with Gasteiger partial charge < -0.3 is 9.80 Å². The highest BCUT2D eigenvalue weighted by atomic mass is 35.5. The average molecular weight is 427 g/mol. The van der Waals surface area contributed by atoms with Crippen LogP contribution in [0, 0.1) is 0 Å². The second-order valence-corrected chi connectivity index (χ2v) is 9.22. The van der Waals surface area contributed by atoms with Crippen molar-refractivity contribution in [1.82, 2.24) is 9.80 Å². The van der Waals surface area contributed by atoms with Gasteiger partial charge >= 0.3 is 0 Å². The molecule has 2 aromatic rings. The zero-order valence-electron chi connectivity index (χ0n) is 16.1. The van der Waals surface area contributed by atoms with Gasteiger partial charge in [0.1, 0.15) is 0 Å². The molecular weight excluding hydrogens is 404 g/mol. The summed E-state index contributed by atoms with van der Waals surface area (Å²) in [5, 5.41) is 0.627. The first-order valence-electron chi connectivity index (χ1n) is 9.81. The van der Waals surface area contributed by atoms with E-state index < -0.39 is 0 Å². The monoisotopic (exact) mass is 426 g/mol. The fourth-order valence-electron chi connectivity index (χ4n) is 3.97. The summed E-state index contributed by atoms with van der Waals surface area (Å²) in [5.74, 6) is 1.01. The zero-order valence-corrected chi connectivity index (χ0v) is 17.7. The summed E-state index contributed by atoms with van der Waals surface area (Å²) in [6, 6.07) is 16.9. The molecule has 2 aliphatic rings. The number of hydrogen-bond donors (Lipinski definition) is 0. The van der Waals surface area contributed by atoms with E-state index >= 15 is 0 Å². The third-order valence-corrected chi connectivity index (χ3v) is 7.39. The highest BCUT2D eigenvalue weighted by molar-refractivity contribution is 8.00.